The lowest BCUT2D eigenvalue weighted by molar-refractivity contribution is 0.478. The van der Waals surface area contributed by atoms with Crippen molar-refractivity contribution in [3.8, 4) is 0 Å². The van der Waals surface area contributed by atoms with Gasteiger partial charge in [0.15, 0.2) is 11.6 Å². The number of aryl methyl sites for hydroxylation is 2. The highest BCUT2D eigenvalue weighted by molar-refractivity contribution is 5.30. The second-order valence-corrected chi connectivity index (χ2v) is 4.39. The Labute approximate surface area is 111 Å². The zero-order chi connectivity index (χ0) is 14.0. The molecule has 0 amide bonds. The zero-order valence-corrected chi connectivity index (χ0v) is 11.2. The lowest BCUT2D eigenvalue weighted by Gasteiger charge is -2.18. The monoisotopic (exact) mass is 265 g/mol. The summed E-state index contributed by atoms with van der Waals surface area (Å²) in [4.78, 5) is 0. The normalized spacial score (nSPS) is 12.7. The third kappa shape index (κ3) is 2.51. The number of nitrogens with one attached hydrogen (secondary N) is 1. The van der Waals surface area contributed by atoms with Gasteiger partial charge in [0.25, 0.3) is 0 Å². The summed E-state index contributed by atoms with van der Waals surface area (Å²) in [7, 11) is 1.72. The van der Waals surface area contributed by atoms with E-state index in [1.807, 2.05) is 19.9 Å². The molecule has 0 aliphatic carbocycles. The maximum absolute atomic E-state index is 13.9. The van der Waals surface area contributed by atoms with Crippen LogP contribution in [-0.4, -0.2) is 16.8 Å². The van der Waals surface area contributed by atoms with Gasteiger partial charge in [-0.15, -0.1) is 0 Å². The summed E-state index contributed by atoms with van der Waals surface area (Å²) in [5.41, 5.74) is 1.97. The molecular weight excluding hydrogens is 248 g/mol. The van der Waals surface area contributed by atoms with Crippen LogP contribution < -0.4 is 5.32 Å². The zero-order valence-electron chi connectivity index (χ0n) is 11.2. The molecule has 1 heterocycles. The molecule has 0 spiro atoms. The molecule has 0 radical (unpaired) electrons. The van der Waals surface area contributed by atoms with Crippen molar-refractivity contribution in [2.24, 2.45) is 0 Å². The Kier molecular flexibility index (Phi) is 3.95. The van der Waals surface area contributed by atoms with E-state index < -0.39 is 17.7 Å². The van der Waals surface area contributed by atoms with Crippen LogP contribution in [-0.2, 0) is 6.54 Å². The molecule has 2 rings (SSSR count). The molecule has 1 unspecified atom stereocenters. The fourth-order valence-corrected chi connectivity index (χ4v) is 2.26. The van der Waals surface area contributed by atoms with Crippen molar-refractivity contribution in [2.45, 2.75) is 26.4 Å². The predicted octanol–water partition coefficient (Wildman–Crippen LogP) is 2.80. The topological polar surface area (TPSA) is 29.9 Å². The lowest BCUT2D eigenvalue weighted by atomic mass is 10.0. The average Bonchev–Trinajstić information content (AvgIpc) is 2.76. The number of benzene rings is 1. The number of rotatable bonds is 4. The maximum atomic E-state index is 13.9. The highest BCUT2D eigenvalue weighted by Gasteiger charge is 2.22. The summed E-state index contributed by atoms with van der Waals surface area (Å²) in [5, 5.41) is 7.36. The summed E-state index contributed by atoms with van der Waals surface area (Å²) in [6.07, 6.45) is 0. The Morgan fingerprint density at radius 3 is 2.74 bits per heavy atom. The highest BCUT2D eigenvalue weighted by Crippen LogP contribution is 2.26. The average molecular weight is 265 g/mol. The molecule has 3 nitrogen and oxygen atoms in total. The minimum Gasteiger partial charge on any atom is -0.308 e. The van der Waals surface area contributed by atoms with Crippen LogP contribution >= 0.6 is 0 Å². The smallest absolute Gasteiger partial charge is 0.163 e. The molecule has 0 saturated carbocycles. The van der Waals surface area contributed by atoms with E-state index in [-0.39, 0.29) is 5.56 Å². The summed E-state index contributed by atoms with van der Waals surface area (Å²) in [6, 6.07) is 5.68. The SMILES string of the molecule is CCn1nc(C)cc1C(NC)c1cccc(F)c1F. The summed E-state index contributed by atoms with van der Waals surface area (Å²) in [5.74, 6) is -1.65. The van der Waals surface area contributed by atoms with E-state index >= 15 is 0 Å². The van der Waals surface area contributed by atoms with Gasteiger partial charge in [-0.1, -0.05) is 12.1 Å². The van der Waals surface area contributed by atoms with Crippen molar-refractivity contribution >= 4 is 0 Å². The van der Waals surface area contributed by atoms with Crippen LogP contribution in [0.4, 0.5) is 8.78 Å². The van der Waals surface area contributed by atoms with Crippen LogP contribution in [0.3, 0.4) is 0 Å². The van der Waals surface area contributed by atoms with Crippen molar-refractivity contribution in [2.75, 3.05) is 7.05 Å². The largest absolute Gasteiger partial charge is 0.308 e. The van der Waals surface area contributed by atoms with Crippen molar-refractivity contribution in [3.05, 3.63) is 52.9 Å². The second kappa shape index (κ2) is 5.48. The van der Waals surface area contributed by atoms with Gasteiger partial charge in [0, 0.05) is 12.1 Å². The number of nitrogens with zero attached hydrogens (tertiary/aromatic N) is 2. The van der Waals surface area contributed by atoms with Crippen molar-refractivity contribution in [1.29, 1.82) is 0 Å². The summed E-state index contributed by atoms with van der Waals surface area (Å²) in [6.45, 7) is 4.52. The van der Waals surface area contributed by atoms with Gasteiger partial charge in [0.1, 0.15) is 0 Å². The predicted molar refractivity (Wildman–Crippen MR) is 69.9 cm³/mol. The van der Waals surface area contributed by atoms with E-state index in [9.17, 15) is 8.78 Å². The molecule has 2 aromatic rings. The Hall–Kier alpha value is -1.75. The lowest BCUT2D eigenvalue weighted by Crippen LogP contribution is -2.22. The van der Waals surface area contributed by atoms with Crippen LogP contribution in [0.25, 0.3) is 0 Å². The standard InChI is InChI=1S/C14H17F2N3/c1-4-19-12(8-9(2)18-19)14(17-3)10-6-5-7-11(15)13(10)16/h5-8,14,17H,4H2,1-3H3. The van der Waals surface area contributed by atoms with E-state index in [2.05, 4.69) is 10.4 Å². The number of halogens is 2. The number of aromatic nitrogens is 2. The minimum atomic E-state index is -0.836. The minimum absolute atomic E-state index is 0.289. The second-order valence-electron chi connectivity index (χ2n) is 4.39. The first kappa shape index (κ1) is 13.7. The van der Waals surface area contributed by atoms with Crippen molar-refractivity contribution in [1.82, 2.24) is 15.1 Å². The number of hydrogen-bond donors (Lipinski definition) is 1. The van der Waals surface area contributed by atoms with Gasteiger partial charge in [0.05, 0.1) is 17.4 Å². The van der Waals surface area contributed by atoms with Crippen LogP contribution in [0.1, 0.15) is 29.9 Å². The molecule has 1 aromatic carbocycles. The van der Waals surface area contributed by atoms with Crippen molar-refractivity contribution in [3.63, 3.8) is 0 Å². The van der Waals surface area contributed by atoms with Gasteiger partial charge in [-0.05, 0) is 33.0 Å². The first-order chi connectivity index (χ1) is 9.08. The molecule has 19 heavy (non-hydrogen) atoms. The van der Waals surface area contributed by atoms with Crippen LogP contribution in [0.2, 0.25) is 0 Å². The first-order valence-electron chi connectivity index (χ1n) is 6.24. The van der Waals surface area contributed by atoms with E-state index in [4.69, 9.17) is 0 Å². The molecule has 0 bridgehead atoms. The van der Waals surface area contributed by atoms with E-state index in [1.54, 1.807) is 17.8 Å². The Bertz CT molecular complexity index is 578. The van der Waals surface area contributed by atoms with Gasteiger partial charge in [-0.2, -0.15) is 5.10 Å². The Morgan fingerprint density at radius 1 is 1.37 bits per heavy atom. The van der Waals surface area contributed by atoms with E-state index in [0.29, 0.717) is 6.54 Å². The molecular formula is C14H17F2N3. The molecule has 102 valence electrons. The van der Waals surface area contributed by atoms with Gasteiger partial charge < -0.3 is 5.32 Å². The third-order valence-corrected chi connectivity index (χ3v) is 3.11. The summed E-state index contributed by atoms with van der Waals surface area (Å²) < 4.78 is 29.1. The van der Waals surface area contributed by atoms with Crippen molar-refractivity contribution < 1.29 is 8.78 Å². The third-order valence-electron chi connectivity index (χ3n) is 3.11. The highest BCUT2D eigenvalue weighted by atomic mass is 19.2. The Morgan fingerprint density at radius 2 is 2.11 bits per heavy atom. The van der Waals surface area contributed by atoms with Gasteiger partial charge in [-0.25, -0.2) is 8.78 Å². The van der Waals surface area contributed by atoms with Crippen LogP contribution in [0, 0.1) is 18.6 Å². The molecule has 0 fully saturated rings. The molecule has 0 saturated heterocycles. The van der Waals surface area contributed by atoms with Crippen LogP contribution in [0.15, 0.2) is 24.3 Å². The maximum Gasteiger partial charge on any atom is 0.163 e. The first-order valence-corrected chi connectivity index (χ1v) is 6.24. The van der Waals surface area contributed by atoms with Gasteiger partial charge in [0.2, 0.25) is 0 Å². The van der Waals surface area contributed by atoms with E-state index in [1.165, 1.54) is 6.07 Å². The fourth-order valence-electron chi connectivity index (χ4n) is 2.26. The van der Waals surface area contributed by atoms with E-state index in [0.717, 1.165) is 17.5 Å². The molecule has 1 aromatic heterocycles. The molecule has 1 atom stereocenters. The molecule has 5 heteroatoms. The Balaban J connectivity index is 2.53. The van der Waals surface area contributed by atoms with Crippen LogP contribution in [0.5, 0.6) is 0 Å². The molecule has 0 aliphatic rings. The quantitative estimate of drug-likeness (QED) is 0.921. The molecule has 0 aliphatic heterocycles. The fraction of sp³-hybridized carbons (Fsp3) is 0.357. The van der Waals surface area contributed by atoms with Gasteiger partial charge >= 0.3 is 0 Å². The summed E-state index contributed by atoms with van der Waals surface area (Å²) >= 11 is 0. The molecule has 1 N–H and O–H groups in total. The number of hydrogen-bond acceptors (Lipinski definition) is 2. The van der Waals surface area contributed by atoms with Gasteiger partial charge in [-0.3, -0.25) is 4.68 Å².